The van der Waals surface area contributed by atoms with Crippen molar-refractivity contribution in [1.29, 1.82) is 0 Å². The number of carbonyl (C=O) groups excluding carboxylic acids is 1. The number of piperidine rings is 1. The van der Waals surface area contributed by atoms with Gasteiger partial charge in [0.2, 0.25) is 5.91 Å². The Bertz CT molecular complexity index is 1280. The number of phenols is 1. The average molecular weight is 513 g/mol. The number of aryl methyl sites for hydroxylation is 1. The van der Waals surface area contributed by atoms with E-state index < -0.39 is 0 Å². The molecule has 38 heavy (non-hydrogen) atoms. The zero-order chi connectivity index (χ0) is 26.6. The van der Waals surface area contributed by atoms with E-state index >= 15 is 0 Å². The Morgan fingerprint density at radius 3 is 2.89 bits per heavy atom. The summed E-state index contributed by atoms with van der Waals surface area (Å²) in [7, 11) is 0. The number of phenolic OH excluding ortho intramolecular Hbond substituents is 1. The number of hydrogen-bond donors (Lipinski definition) is 1. The highest BCUT2D eigenvalue weighted by Crippen LogP contribution is 2.63. The molecule has 1 saturated carbocycles. The van der Waals surface area contributed by atoms with Gasteiger partial charge in [0.05, 0.1) is 6.04 Å². The summed E-state index contributed by atoms with van der Waals surface area (Å²) in [5.41, 5.74) is 4.35. The zero-order valence-corrected chi connectivity index (χ0v) is 22.9. The summed E-state index contributed by atoms with van der Waals surface area (Å²) in [6.07, 6.45) is 9.41. The fourth-order valence-corrected chi connectivity index (χ4v) is 8.14. The number of amides is 1. The molecule has 1 N–H and O–H groups in total. The summed E-state index contributed by atoms with van der Waals surface area (Å²) in [5, 5.41) is 11.0. The molecule has 2 bridgehead atoms. The van der Waals surface area contributed by atoms with E-state index in [4.69, 9.17) is 4.74 Å². The second-order valence-electron chi connectivity index (χ2n) is 12.2. The molecule has 5 atom stereocenters. The summed E-state index contributed by atoms with van der Waals surface area (Å²) < 4.78 is 6.86. The Balaban J connectivity index is 1.38. The van der Waals surface area contributed by atoms with Crippen molar-refractivity contribution in [2.24, 2.45) is 11.8 Å². The van der Waals surface area contributed by atoms with Gasteiger partial charge in [-0.2, -0.15) is 0 Å². The summed E-state index contributed by atoms with van der Waals surface area (Å²) in [4.78, 5) is 18.5. The Hall–Kier alpha value is -3.05. The van der Waals surface area contributed by atoms with E-state index in [1.807, 2.05) is 30.4 Å². The predicted octanol–water partition coefficient (Wildman–Crippen LogP) is 5.49. The van der Waals surface area contributed by atoms with Crippen molar-refractivity contribution in [3.63, 3.8) is 0 Å². The Morgan fingerprint density at radius 2 is 2.13 bits per heavy atom. The predicted molar refractivity (Wildman–Crippen MR) is 151 cm³/mol. The maximum Gasteiger partial charge on any atom is 0.246 e. The summed E-state index contributed by atoms with van der Waals surface area (Å²) in [6, 6.07) is 12.3. The smallest absolute Gasteiger partial charge is 0.246 e. The number of benzene rings is 2. The molecular weight excluding hydrogens is 472 g/mol. The molecule has 2 aliphatic heterocycles. The lowest BCUT2D eigenvalue weighted by Gasteiger charge is -2.60. The van der Waals surface area contributed by atoms with Crippen molar-refractivity contribution < 1.29 is 14.6 Å². The van der Waals surface area contributed by atoms with Crippen molar-refractivity contribution >= 4 is 12.0 Å². The van der Waals surface area contributed by atoms with Gasteiger partial charge in [-0.15, -0.1) is 6.58 Å². The molecule has 0 unspecified atom stereocenters. The van der Waals surface area contributed by atoms with Crippen LogP contribution < -0.4 is 4.74 Å². The Morgan fingerprint density at radius 1 is 1.29 bits per heavy atom. The van der Waals surface area contributed by atoms with Crippen LogP contribution in [-0.2, 0) is 16.6 Å². The number of likely N-dealkylation sites (tertiary alicyclic amines) is 1. The van der Waals surface area contributed by atoms with Crippen molar-refractivity contribution in [3.05, 3.63) is 77.4 Å². The van der Waals surface area contributed by atoms with Crippen molar-refractivity contribution in [1.82, 2.24) is 9.80 Å². The van der Waals surface area contributed by atoms with Crippen molar-refractivity contribution in [2.45, 2.75) is 70.1 Å². The first-order valence-corrected chi connectivity index (χ1v) is 14.3. The second kappa shape index (κ2) is 9.60. The van der Waals surface area contributed by atoms with Crippen LogP contribution in [0, 0.1) is 18.8 Å². The molecule has 200 valence electrons. The molecule has 5 heteroatoms. The van der Waals surface area contributed by atoms with Crippen LogP contribution in [0.4, 0.5) is 0 Å². The minimum absolute atomic E-state index is 0.00425. The van der Waals surface area contributed by atoms with E-state index in [9.17, 15) is 9.90 Å². The van der Waals surface area contributed by atoms with Crippen LogP contribution in [0.25, 0.3) is 6.08 Å². The fraction of sp³-hybridized carbons (Fsp3) is 0.485. The normalized spacial score (nSPS) is 29.3. The lowest BCUT2D eigenvalue weighted by molar-refractivity contribution is -0.138. The van der Waals surface area contributed by atoms with Crippen LogP contribution in [0.2, 0.25) is 0 Å². The molecule has 5 nitrogen and oxygen atoms in total. The molecule has 1 saturated heterocycles. The Kier molecular flexibility index (Phi) is 6.38. The largest absolute Gasteiger partial charge is 0.508 e. The van der Waals surface area contributed by atoms with Gasteiger partial charge in [0.25, 0.3) is 0 Å². The number of hydrogen-bond acceptors (Lipinski definition) is 4. The van der Waals surface area contributed by atoms with Gasteiger partial charge in [0, 0.05) is 41.7 Å². The first-order chi connectivity index (χ1) is 18.3. The maximum atomic E-state index is 13.8. The maximum absolute atomic E-state index is 13.8. The van der Waals surface area contributed by atoms with Gasteiger partial charge >= 0.3 is 0 Å². The van der Waals surface area contributed by atoms with Gasteiger partial charge < -0.3 is 14.7 Å². The van der Waals surface area contributed by atoms with Gasteiger partial charge in [0.1, 0.15) is 17.6 Å². The molecule has 0 radical (unpaired) electrons. The average Bonchev–Trinajstić information content (AvgIpc) is 3.22. The molecule has 0 aromatic heterocycles. The highest BCUT2D eigenvalue weighted by Gasteiger charge is 2.66. The number of nitrogens with zero attached hydrogens (tertiary/aromatic N) is 2. The van der Waals surface area contributed by atoms with Gasteiger partial charge in [-0.25, -0.2) is 0 Å². The number of ether oxygens (including phenoxy) is 1. The van der Waals surface area contributed by atoms with Crippen LogP contribution >= 0.6 is 0 Å². The molecule has 2 heterocycles. The molecule has 4 aliphatic rings. The molecule has 2 aliphatic carbocycles. The monoisotopic (exact) mass is 512 g/mol. The fourth-order valence-electron chi connectivity index (χ4n) is 8.14. The third-order valence-corrected chi connectivity index (χ3v) is 9.49. The van der Waals surface area contributed by atoms with Crippen LogP contribution in [0.5, 0.6) is 11.5 Å². The van der Waals surface area contributed by atoms with E-state index in [-0.39, 0.29) is 23.5 Å². The number of carbonyl (C=O) groups is 1. The topological polar surface area (TPSA) is 53.0 Å². The molecular formula is C33H40N2O3. The van der Waals surface area contributed by atoms with E-state index in [2.05, 4.69) is 49.3 Å². The van der Waals surface area contributed by atoms with Crippen LogP contribution in [0.1, 0.15) is 55.4 Å². The second-order valence-corrected chi connectivity index (χ2v) is 12.2. The first kappa shape index (κ1) is 25.2. The first-order valence-electron chi connectivity index (χ1n) is 14.3. The van der Waals surface area contributed by atoms with Crippen LogP contribution in [-0.4, -0.2) is 58.6 Å². The minimum atomic E-state index is -0.164. The van der Waals surface area contributed by atoms with E-state index in [0.29, 0.717) is 30.2 Å². The number of aromatic hydroxyl groups is 1. The van der Waals surface area contributed by atoms with Gasteiger partial charge in [-0.1, -0.05) is 49.8 Å². The van der Waals surface area contributed by atoms with Crippen LogP contribution in [0.3, 0.4) is 0 Å². The lowest BCUT2D eigenvalue weighted by Crippen LogP contribution is -2.69. The lowest BCUT2D eigenvalue weighted by atomic mass is 9.51. The highest BCUT2D eigenvalue weighted by molar-refractivity contribution is 5.92. The SMILES string of the molecule is C=CCN1CC[C@@]23c4c5ccc(O)c4C[C@@H]1[C@@H]2CC[C@@H](N(CC(C)C)C(=O)C=Cc1cccc(C)c1)[C@@H]3O5. The quantitative estimate of drug-likeness (QED) is 0.394. The van der Waals surface area contributed by atoms with E-state index in [0.717, 1.165) is 55.6 Å². The zero-order valence-electron chi connectivity index (χ0n) is 22.9. The molecule has 1 amide bonds. The third-order valence-electron chi connectivity index (χ3n) is 9.49. The van der Waals surface area contributed by atoms with E-state index in [1.165, 1.54) is 11.1 Å². The molecule has 2 fully saturated rings. The van der Waals surface area contributed by atoms with E-state index in [1.54, 1.807) is 12.1 Å². The van der Waals surface area contributed by atoms with Gasteiger partial charge in [-0.3, -0.25) is 9.69 Å². The third kappa shape index (κ3) is 3.89. The standard InChI is InChI=1S/C33H40N2O3/c1-5-16-34-17-15-33-25-10-11-26(32(33)38-29-13-12-28(36)24(31(29)33)19-27(25)34)35(20-21(2)3)30(37)14-9-23-8-6-7-22(4)18-23/h5-9,12-14,18,21,25-27,32,36H,1,10-11,15-17,19-20H2,2-4H3/t25-,26+,27+,32-,33-/m0/s1. The molecule has 2 aromatic carbocycles. The van der Waals surface area contributed by atoms with Crippen molar-refractivity contribution in [2.75, 3.05) is 19.6 Å². The molecule has 1 spiro atoms. The Labute approximate surface area is 226 Å². The summed E-state index contributed by atoms with van der Waals surface area (Å²) >= 11 is 0. The summed E-state index contributed by atoms with van der Waals surface area (Å²) in [5.74, 6) is 2.15. The molecule has 6 rings (SSSR count). The van der Waals surface area contributed by atoms with Crippen molar-refractivity contribution in [3.8, 4) is 11.5 Å². The highest BCUT2D eigenvalue weighted by atomic mass is 16.5. The van der Waals surface area contributed by atoms with Gasteiger partial charge in [0.15, 0.2) is 0 Å². The number of rotatable bonds is 7. The minimum Gasteiger partial charge on any atom is -0.508 e. The van der Waals surface area contributed by atoms with Gasteiger partial charge in [-0.05, 0) is 74.8 Å². The summed E-state index contributed by atoms with van der Waals surface area (Å²) in [6.45, 7) is 13.0. The van der Waals surface area contributed by atoms with Crippen LogP contribution in [0.15, 0.2) is 55.1 Å². The molecule has 2 aromatic rings.